The predicted octanol–water partition coefficient (Wildman–Crippen LogP) is 2.20. The highest BCUT2D eigenvalue weighted by atomic mass is 33.1. The van der Waals surface area contributed by atoms with Crippen LogP contribution in [0.25, 0.3) is 0 Å². The van der Waals surface area contributed by atoms with Gasteiger partial charge in [-0.25, -0.2) is 4.79 Å². The molecule has 6 N–H and O–H groups in total. The summed E-state index contributed by atoms with van der Waals surface area (Å²) in [6, 6.07) is 11.2. The molecule has 13 nitrogen and oxygen atoms in total. The minimum absolute atomic E-state index is 0.122. The van der Waals surface area contributed by atoms with E-state index in [4.69, 9.17) is 15.2 Å². The molecule has 15 heteroatoms. The van der Waals surface area contributed by atoms with Gasteiger partial charge in [0.15, 0.2) is 0 Å². The number of nitrogens with two attached hydrogens (primary N) is 1. The minimum Gasteiger partial charge on any atom is -0.461 e. The molecular weight excluding hydrogens is 683 g/mol. The normalized spacial score (nSPS) is 21.8. The van der Waals surface area contributed by atoms with Gasteiger partial charge in [0.25, 0.3) is 0 Å². The molecule has 2 aromatic carbocycles. The van der Waals surface area contributed by atoms with Crippen molar-refractivity contribution in [1.82, 2.24) is 21.3 Å². The molecule has 0 radical (unpaired) electrons. The molecule has 272 valence electrons. The first-order valence-corrected chi connectivity index (χ1v) is 18.3. The first kappa shape index (κ1) is 40.4. The van der Waals surface area contributed by atoms with Crippen LogP contribution in [0.2, 0.25) is 0 Å². The average Bonchev–Trinajstić information content (AvgIpc) is 3.03. The third kappa shape index (κ3) is 12.1. The summed E-state index contributed by atoms with van der Waals surface area (Å²) in [5.41, 5.74) is 7.75. The second-order valence-electron chi connectivity index (χ2n) is 13.3. The molecule has 4 unspecified atom stereocenters. The summed E-state index contributed by atoms with van der Waals surface area (Å²) in [7, 11) is 2.48. The molecule has 0 aromatic heterocycles. The smallest absolute Gasteiger partial charge is 0.330 e. The number of esters is 2. The molecule has 2 aromatic rings. The third-order valence-corrected chi connectivity index (χ3v) is 11.9. The van der Waals surface area contributed by atoms with Crippen LogP contribution in [0, 0.1) is 0 Å². The van der Waals surface area contributed by atoms with E-state index in [1.165, 1.54) is 28.5 Å². The molecule has 0 bridgehead atoms. The lowest BCUT2D eigenvalue weighted by Crippen LogP contribution is -2.62. The second kappa shape index (κ2) is 17.7. The molecule has 4 amide bonds. The molecule has 0 spiro atoms. The van der Waals surface area contributed by atoms with Gasteiger partial charge in [0.05, 0.1) is 23.4 Å². The number of benzene rings is 2. The molecule has 50 heavy (non-hydrogen) atoms. The van der Waals surface area contributed by atoms with Crippen molar-refractivity contribution >= 4 is 57.2 Å². The van der Waals surface area contributed by atoms with E-state index in [1.54, 1.807) is 65.8 Å². The Labute approximate surface area is 300 Å². The number of hydrogen-bond donors (Lipinski definition) is 5. The molecule has 1 fully saturated rings. The van der Waals surface area contributed by atoms with Crippen molar-refractivity contribution < 1.29 is 38.2 Å². The number of hydrogen-bond acceptors (Lipinski definition) is 11. The fourth-order valence-electron chi connectivity index (χ4n) is 4.96. The number of carbonyl (C=O) groups is 6. The van der Waals surface area contributed by atoms with Gasteiger partial charge in [0.2, 0.25) is 23.6 Å². The Morgan fingerprint density at radius 1 is 0.900 bits per heavy atom. The lowest BCUT2D eigenvalue weighted by atomic mass is 10.00. The highest BCUT2D eigenvalue weighted by molar-refractivity contribution is 8.77. The quantitative estimate of drug-likeness (QED) is 0.144. The van der Waals surface area contributed by atoms with E-state index < -0.39 is 81.9 Å². The van der Waals surface area contributed by atoms with E-state index in [0.717, 1.165) is 5.56 Å². The maximum absolute atomic E-state index is 13.7. The third-order valence-electron chi connectivity index (χ3n) is 7.62. The van der Waals surface area contributed by atoms with Crippen LogP contribution in [0.1, 0.15) is 59.6 Å². The molecule has 1 heterocycles. The molecule has 1 aliphatic heterocycles. The van der Waals surface area contributed by atoms with Crippen LogP contribution in [0.3, 0.4) is 0 Å². The summed E-state index contributed by atoms with van der Waals surface area (Å²) in [4.78, 5) is 78.7. The van der Waals surface area contributed by atoms with Crippen LogP contribution in [0.5, 0.6) is 5.75 Å². The van der Waals surface area contributed by atoms with Gasteiger partial charge >= 0.3 is 11.9 Å². The Kier molecular flexibility index (Phi) is 14.3. The topological polar surface area (TPSA) is 195 Å². The Morgan fingerprint density at radius 3 is 2.12 bits per heavy atom. The molecule has 0 aliphatic carbocycles. The van der Waals surface area contributed by atoms with Crippen molar-refractivity contribution in [2.75, 3.05) is 6.54 Å². The largest absolute Gasteiger partial charge is 0.461 e. The monoisotopic (exact) mass is 729 g/mol. The zero-order valence-corrected chi connectivity index (χ0v) is 31.0. The van der Waals surface area contributed by atoms with E-state index in [0.29, 0.717) is 11.3 Å². The molecule has 4 atom stereocenters. The molecule has 0 saturated carbocycles. The Balaban J connectivity index is 1.90. The average molecular weight is 730 g/mol. The van der Waals surface area contributed by atoms with Crippen LogP contribution in [0.15, 0.2) is 54.6 Å². The van der Waals surface area contributed by atoms with Crippen LogP contribution < -0.4 is 31.7 Å². The Morgan fingerprint density at radius 2 is 1.52 bits per heavy atom. The van der Waals surface area contributed by atoms with Gasteiger partial charge in [-0.1, -0.05) is 64.1 Å². The molecule has 3 rings (SSSR count). The summed E-state index contributed by atoms with van der Waals surface area (Å²) in [6.45, 7) is 11.2. The second-order valence-corrected chi connectivity index (χ2v) is 16.8. The van der Waals surface area contributed by atoms with Crippen LogP contribution >= 0.6 is 21.6 Å². The van der Waals surface area contributed by atoms with Gasteiger partial charge < -0.3 is 36.5 Å². The highest BCUT2D eigenvalue weighted by Gasteiger charge is 2.45. The maximum atomic E-state index is 13.7. The minimum atomic E-state index is -1.17. The number of ether oxygens (including phenoxy) is 2. The van der Waals surface area contributed by atoms with E-state index in [1.807, 2.05) is 30.3 Å². The van der Waals surface area contributed by atoms with E-state index >= 15 is 0 Å². The Bertz CT molecular complexity index is 1540. The van der Waals surface area contributed by atoms with E-state index in [-0.39, 0.29) is 12.8 Å². The first-order valence-electron chi connectivity index (χ1n) is 16.2. The zero-order valence-electron chi connectivity index (χ0n) is 29.4. The fourth-order valence-corrected chi connectivity index (χ4v) is 7.76. The summed E-state index contributed by atoms with van der Waals surface area (Å²) >= 11 is 0. The van der Waals surface area contributed by atoms with Gasteiger partial charge in [-0.15, -0.1) is 0 Å². The SMILES string of the molecule is CC(=O)Oc1ccc(CC(N)C(=O)NC2C(=O)NCC(=O)NC(Cc3ccccc3)C(=O)NC(C(=O)OC(C)C)C(C)(C)SSC2(C)C)cc1. The number of rotatable bonds is 9. The van der Waals surface area contributed by atoms with Crippen molar-refractivity contribution in [3.63, 3.8) is 0 Å². The summed E-state index contributed by atoms with van der Waals surface area (Å²) in [5, 5.41) is 10.9. The molecule has 1 saturated heterocycles. The maximum Gasteiger partial charge on any atom is 0.330 e. The van der Waals surface area contributed by atoms with Crippen molar-refractivity contribution in [1.29, 1.82) is 0 Å². The van der Waals surface area contributed by atoms with E-state index in [2.05, 4.69) is 21.3 Å². The fraction of sp³-hybridized carbons (Fsp3) is 0.486. The number of carbonyl (C=O) groups excluding carboxylic acids is 6. The van der Waals surface area contributed by atoms with E-state index in [9.17, 15) is 28.8 Å². The van der Waals surface area contributed by atoms with Crippen LogP contribution in [-0.4, -0.2) is 81.9 Å². The Hall–Kier alpha value is -4.08. The standard InChI is InChI=1S/C35H47N5O8S2/c1-20(2)47-33(46)29-35(6,7)50-49-34(4,5)28(39-30(43)25(36)17-23-13-15-24(16-14-23)48-21(3)41)32(45)37-19-27(42)38-26(31(44)40-29)18-22-11-9-8-10-12-22/h8-16,20,25-26,28-29H,17-19,36H2,1-7H3,(H,37,45)(H,38,42)(H,39,43)(H,40,44). The lowest BCUT2D eigenvalue weighted by molar-refractivity contribution is -0.152. The van der Waals surface area contributed by atoms with Crippen molar-refractivity contribution in [3.05, 3.63) is 65.7 Å². The van der Waals surface area contributed by atoms with Crippen molar-refractivity contribution in [3.8, 4) is 5.75 Å². The van der Waals surface area contributed by atoms with Crippen molar-refractivity contribution in [2.45, 2.75) is 101 Å². The summed E-state index contributed by atoms with van der Waals surface area (Å²) in [6.07, 6.45) is -0.214. The summed E-state index contributed by atoms with van der Waals surface area (Å²) in [5.74, 6) is -3.25. The van der Waals surface area contributed by atoms with Crippen LogP contribution in [-0.2, 0) is 46.3 Å². The summed E-state index contributed by atoms with van der Waals surface area (Å²) < 4.78 is 8.56. The number of amides is 4. The lowest BCUT2D eigenvalue weighted by Gasteiger charge is -2.39. The van der Waals surface area contributed by atoms with Gasteiger partial charge in [-0.05, 0) is 71.2 Å². The van der Waals surface area contributed by atoms with Gasteiger partial charge in [-0.3, -0.25) is 24.0 Å². The van der Waals surface area contributed by atoms with Gasteiger partial charge in [0, 0.05) is 18.1 Å². The van der Waals surface area contributed by atoms with Gasteiger partial charge in [-0.2, -0.15) is 0 Å². The molecular formula is C35H47N5O8S2. The van der Waals surface area contributed by atoms with Crippen molar-refractivity contribution in [2.24, 2.45) is 5.73 Å². The van der Waals surface area contributed by atoms with Crippen LogP contribution in [0.4, 0.5) is 0 Å². The highest BCUT2D eigenvalue weighted by Crippen LogP contribution is 2.47. The molecule has 1 aliphatic rings. The number of nitrogens with one attached hydrogen (secondary N) is 4. The zero-order chi connectivity index (χ0) is 37.2. The van der Waals surface area contributed by atoms with Gasteiger partial charge in [0.1, 0.15) is 23.9 Å². The predicted molar refractivity (Wildman–Crippen MR) is 193 cm³/mol. The first-order chi connectivity index (χ1) is 23.4.